The molecule has 3 aromatic rings. The number of aromatic nitrogens is 5. The first-order valence-electron chi connectivity index (χ1n) is 9.67. The molecule has 27 heavy (non-hydrogen) atoms. The monoisotopic (exact) mass is 366 g/mol. The van der Waals surface area contributed by atoms with Crippen LogP contribution in [0.2, 0.25) is 0 Å². The molecule has 1 unspecified atom stereocenters. The van der Waals surface area contributed by atoms with Crippen molar-refractivity contribution in [2.24, 2.45) is 5.92 Å². The maximum Gasteiger partial charge on any atom is 0.231 e. The average Bonchev–Trinajstić information content (AvgIpc) is 3.09. The van der Waals surface area contributed by atoms with Gasteiger partial charge in [-0.15, -0.1) is 0 Å². The zero-order valence-electron chi connectivity index (χ0n) is 16.4. The van der Waals surface area contributed by atoms with Crippen molar-refractivity contribution < 1.29 is 4.52 Å². The highest BCUT2D eigenvalue weighted by molar-refractivity contribution is 5.90. The van der Waals surface area contributed by atoms with Gasteiger partial charge in [0, 0.05) is 25.2 Å². The summed E-state index contributed by atoms with van der Waals surface area (Å²) in [4.78, 5) is 20.5. The zero-order valence-corrected chi connectivity index (χ0v) is 16.4. The summed E-state index contributed by atoms with van der Waals surface area (Å²) in [7, 11) is 0. The third-order valence-electron chi connectivity index (χ3n) is 5.05. The van der Waals surface area contributed by atoms with Crippen LogP contribution in [-0.2, 0) is 6.42 Å². The Balaban J connectivity index is 1.62. The third-order valence-corrected chi connectivity index (χ3v) is 5.05. The topological polar surface area (TPSA) is 80.8 Å². The van der Waals surface area contributed by atoms with E-state index in [9.17, 15) is 0 Å². The number of rotatable bonds is 4. The van der Waals surface area contributed by atoms with Crippen LogP contribution in [0.25, 0.3) is 11.0 Å². The van der Waals surface area contributed by atoms with E-state index in [4.69, 9.17) is 4.52 Å². The van der Waals surface area contributed by atoms with E-state index in [0.717, 1.165) is 72.2 Å². The molecule has 3 aromatic heterocycles. The Labute approximate surface area is 159 Å². The van der Waals surface area contributed by atoms with Crippen molar-refractivity contribution in [2.75, 3.05) is 18.0 Å². The van der Waals surface area contributed by atoms with Gasteiger partial charge in [0.15, 0.2) is 11.5 Å². The molecular weight excluding hydrogens is 340 g/mol. The summed E-state index contributed by atoms with van der Waals surface area (Å²) in [5.74, 6) is 3.26. The fraction of sp³-hybridized carbons (Fsp3) is 0.550. The van der Waals surface area contributed by atoms with Gasteiger partial charge in [-0.1, -0.05) is 19.0 Å². The van der Waals surface area contributed by atoms with Gasteiger partial charge in [-0.2, -0.15) is 4.98 Å². The van der Waals surface area contributed by atoms with E-state index in [1.54, 1.807) is 6.33 Å². The van der Waals surface area contributed by atoms with E-state index in [2.05, 4.69) is 56.8 Å². The van der Waals surface area contributed by atoms with Crippen molar-refractivity contribution in [2.45, 2.75) is 52.9 Å². The fourth-order valence-electron chi connectivity index (χ4n) is 3.88. The van der Waals surface area contributed by atoms with E-state index >= 15 is 0 Å². The van der Waals surface area contributed by atoms with Gasteiger partial charge in [0.2, 0.25) is 5.89 Å². The normalized spacial score (nSPS) is 17.8. The minimum Gasteiger partial charge on any atom is -0.355 e. The number of pyridine rings is 1. The highest BCUT2D eigenvalue weighted by Gasteiger charge is 2.28. The van der Waals surface area contributed by atoms with E-state index in [1.165, 1.54) is 0 Å². The second-order valence-corrected chi connectivity index (χ2v) is 7.91. The lowest BCUT2D eigenvalue weighted by Crippen LogP contribution is -2.35. The first-order chi connectivity index (χ1) is 13.0. The van der Waals surface area contributed by atoms with Crippen molar-refractivity contribution in [1.29, 1.82) is 0 Å². The van der Waals surface area contributed by atoms with Gasteiger partial charge in [0.1, 0.15) is 12.1 Å². The molecule has 0 radical (unpaired) electrons. The van der Waals surface area contributed by atoms with Crippen LogP contribution in [0.15, 0.2) is 16.9 Å². The van der Waals surface area contributed by atoms with Crippen LogP contribution in [-0.4, -0.2) is 38.2 Å². The van der Waals surface area contributed by atoms with Crippen LogP contribution in [0.5, 0.6) is 0 Å². The highest BCUT2D eigenvalue weighted by atomic mass is 16.5. The number of anilines is 1. The maximum atomic E-state index is 5.58. The van der Waals surface area contributed by atoms with E-state index in [0.29, 0.717) is 5.92 Å². The summed E-state index contributed by atoms with van der Waals surface area (Å²) in [6.07, 6.45) is 4.58. The fourth-order valence-corrected chi connectivity index (χ4v) is 3.88. The van der Waals surface area contributed by atoms with Gasteiger partial charge in [-0.05, 0) is 44.2 Å². The number of fused-ring (bicyclic) bond motifs is 1. The number of hydrogen-bond acceptors (Lipinski definition) is 7. The summed E-state index contributed by atoms with van der Waals surface area (Å²) in [5, 5.41) is 5.20. The van der Waals surface area contributed by atoms with Crippen LogP contribution in [0.1, 0.15) is 55.6 Å². The van der Waals surface area contributed by atoms with Crippen LogP contribution in [0.4, 0.5) is 5.82 Å². The summed E-state index contributed by atoms with van der Waals surface area (Å²) >= 11 is 0. The minimum atomic E-state index is 0.232. The Bertz CT molecular complexity index is 951. The summed E-state index contributed by atoms with van der Waals surface area (Å²) in [6, 6.07) is 2.09. The predicted molar refractivity (Wildman–Crippen MR) is 104 cm³/mol. The second kappa shape index (κ2) is 7.21. The van der Waals surface area contributed by atoms with Crippen molar-refractivity contribution >= 4 is 16.9 Å². The highest BCUT2D eigenvalue weighted by Crippen LogP contribution is 2.32. The Morgan fingerprint density at radius 2 is 2.07 bits per heavy atom. The number of hydrogen-bond donors (Lipinski definition) is 0. The molecule has 0 amide bonds. The quantitative estimate of drug-likeness (QED) is 0.697. The SMILES string of the molecule is Cc1cc(C)c2c(N3CCCC(c4nc(CC(C)C)no4)C3)ncnc2n1. The molecule has 1 saturated heterocycles. The Morgan fingerprint density at radius 3 is 2.89 bits per heavy atom. The maximum absolute atomic E-state index is 5.58. The second-order valence-electron chi connectivity index (χ2n) is 7.91. The third kappa shape index (κ3) is 3.63. The standard InChI is InChI=1S/C20H26N6O/c1-12(2)8-16-24-20(27-25-16)15-6-5-7-26(10-15)19-17-13(3)9-14(4)23-18(17)21-11-22-19/h9,11-12,15H,5-8,10H2,1-4H3. The van der Waals surface area contributed by atoms with Gasteiger partial charge in [0.25, 0.3) is 0 Å². The summed E-state index contributed by atoms with van der Waals surface area (Å²) in [5.41, 5.74) is 2.90. The predicted octanol–water partition coefficient (Wildman–Crippen LogP) is 3.61. The minimum absolute atomic E-state index is 0.232. The van der Waals surface area contributed by atoms with Crippen molar-refractivity contribution in [3.63, 3.8) is 0 Å². The molecule has 0 bridgehead atoms. The lowest BCUT2D eigenvalue weighted by atomic mass is 9.97. The first-order valence-corrected chi connectivity index (χ1v) is 9.67. The molecule has 1 fully saturated rings. The smallest absolute Gasteiger partial charge is 0.231 e. The molecule has 1 aliphatic heterocycles. The molecule has 1 aliphatic rings. The summed E-state index contributed by atoms with van der Waals surface area (Å²) in [6.45, 7) is 10.2. The van der Waals surface area contributed by atoms with Crippen molar-refractivity contribution in [3.8, 4) is 0 Å². The van der Waals surface area contributed by atoms with Gasteiger partial charge < -0.3 is 9.42 Å². The molecule has 142 valence electrons. The van der Waals surface area contributed by atoms with Crippen LogP contribution in [0.3, 0.4) is 0 Å². The number of nitrogens with zero attached hydrogens (tertiary/aromatic N) is 6. The van der Waals surface area contributed by atoms with Gasteiger partial charge in [-0.25, -0.2) is 15.0 Å². The van der Waals surface area contributed by atoms with Crippen LogP contribution in [0, 0.1) is 19.8 Å². The Kier molecular flexibility index (Phi) is 4.76. The van der Waals surface area contributed by atoms with E-state index < -0.39 is 0 Å². The van der Waals surface area contributed by atoms with Crippen LogP contribution < -0.4 is 4.90 Å². The molecule has 7 nitrogen and oxygen atoms in total. The molecule has 0 spiro atoms. The molecule has 0 N–H and O–H groups in total. The molecule has 7 heteroatoms. The number of aryl methyl sites for hydroxylation is 2. The average molecular weight is 366 g/mol. The lowest BCUT2D eigenvalue weighted by Gasteiger charge is -2.32. The Hall–Kier alpha value is -2.57. The van der Waals surface area contributed by atoms with Crippen molar-refractivity contribution in [3.05, 3.63) is 35.4 Å². The molecule has 4 rings (SSSR count). The molecule has 4 heterocycles. The lowest BCUT2D eigenvalue weighted by molar-refractivity contribution is 0.329. The number of piperidine rings is 1. The molecular formula is C20H26N6O. The van der Waals surface area contributed by atoms with Crippen molar-refractivity contribution in [1.82, 2.24) is 25.1 Å². The molecule has 0 saturated carbocycles. The summed E-state index contributed by atoms with van der Waals surface area (Å²) < 4.78 is 5.58. The molecule has 0 aliphatic carbocycles. The zero-order chi connectivity index (χ0) is 19.0. The van der Waals surface area contributed by atoms with Gasteiger partial charge in [-0.3, -0.25) is 0 Å². The van der Waals surface area contributed by atoms with E-state index in [-0.39, 0.29) is 5.92 Å². The van der Waals surface area contributed by atoms with Gasteiger partial charge in [0.05, 0.1) is 11.3 Å². The van der Waals surface area contributed by atoms with E-state index in [1.807, 2.05) is 6.92 Å². The van der Waals surface area contributed by atoms with Gasteiger partial charge >= 0.3 is 0 Å². The Morgan fingerprint density at radius 1 is 1.22 bits per heavy atom. The largest absolute Gasteiger partial charge is 0.355 e. The first kappa shape index (κ1) is 17.8. The molecule has 1 atom stereocenters. The van der Waals surface area contributed by atoms with Crippen LogP contribution >= 0.6 is 0 Å². The molecule has 0 aromatic carbocycles.